The number of halogens is 1. The number of para-hydroxylation sites is 1. The molecule has 2 amide bonds. The first kappa shape index (κ1) is 20.0. The van der Waals surface area contributed by atoms with E-state index in [0.29, 0.717) is 11.3 Å². The van der Waals surface area contributed by atoms with Gasteiger partial charge in [-0.25, -0.2) is 4.39 Å². The van der Waals surface area contributed by atoms with Crippen molar-refractivity contribution in [3.05, 3.63) is 101 Å². The largest absolute Gasteiger partial charge is 0.358 e. The Hall–Kier alpha value is -3.93. The predicted molar refractivity (Wildman–Crippen MR) is 122 cm³/mol. The summed E-state index contributed by atoms with van der Waals surface area (Å²) in [6.07, 6.45) is 0.134. The van der Waals surface area contributed by atoms with Crippen LogP contribution in [0.15, 0.2) is 72.8 Å². The highest BCUT2D eigenvalue weighted by Gasteiger charge is 2.39. The van der Waals surface area contributed by atoms with E-state index in [1.165, 1.54) is 24.3 Å². The lowest BCUT2D eigenvalue weighted by molar-refractivity contribution is -0.116. The first-order valence-electron chi connectivity index (χ1n) is 10.6. The molecule has 0 fully saturated rings. The Kier molecular flexibility index (Phi) is 4.98. The molecule has 32 heavy (non-hydrogen) atoms. The molecule has 2 N–H and O–H groups in total. The van der Waals surface area contributed by atoms with Gasteiger partial charge in [0, 0.05) is 46.4 Å². The summed E-state index contributed by atoms with van der Waals surface area (Å²) in [6.45, 7) is 2.28. The van der Waals surface area contributed by atoms with Crippen LogP contribution in [0.25, 0.3) is 10.9 Å². The number of H-pyrrole nitrogens is 1. The van der Waals surface area contributed by atoms with Crippen LogP contribution >= 0.6 is 0 Å². The Labute approximate surface area is 184 Å². The second kappa shape index (κ2) is 7.96. The van der Waals surface area contributed by atoms with Crippen molar-refractivity contribution >= 4 is 28.4 Å². The minimum atomic E-state index is -0.361. The van der Waals surface area contributed by atoms with Crippen molar-refractivity contribution in [1.29, 1.82) is 0 Å². The molecule has 6 heteroatoms. The number of aromatic amines is 1. The number of aryl methyl sites for hydroxylation is 1. The molecule has 1 atom stereocenters. The number of hydrogen-bond donors (Lipinski definition) is 2. The third kappa shape index (κ3) is 3.43. The SMILES string of the molecule is Cc1[nH]c2ccccc2c1[C@@H]1c2ccccc2C(=O)N1CCC(=O)Nc1ccc(F)cc1. The van der Waals surface area contributed by atoms with Gasteiger partial charge in [0.05, 0.1) is 6.04 Å². The second-order valence-electron chi connectivity index (χ2n) is 8.00. The van der Waals surface area contributed by atoms with Crippen LogP contribution in [0.4, 0.5) is 10.1 Å². The molecule has 160 valence electrons. The number of rotatable bonds is 5. The highest BCUT2D eigenvalue weighted by atomic mass is 19.1. The number of nitrogens with one attached hydrogen (secondary N) is 2. The smallest absolute Gasteiger partial charge is 0.255 e. The molecule has 1 aromatic heterocycles. The molecular formula is C26H22FN3O2. The predicted octanol–water partition coefficient (Wildman–Crippen LogP) is 5.19. The quantitative estimate of drug-likeness (QED) is 0.460. The van der Waals surface area contributed by atoms with Gasteiger partial charge in [0.1, 0.15) is 5.82 Å². The number of hydrogen-bond acceptors (Lipinski definition) is 2. The summed E-state index contributed by atoms with van der Waals surface area (Å²) in [6, 6.07) is 21.0. The summed E-state index contributed by atoms with van der Waals surface area (Å²) in [5.74, 6) is -0.667. The van der Waals surface area contributed by atoms with Crippen LogP contribution in [0.2, 0.25) is 0 Å². The van der Waals surface area contributed by atoms with Crippen LogP contribution in [0, 0.1) is 12.7 Å². The van der Waals surface area contributed by atoms with Crippen molar-refractivity contribution in [3.63, 3.8) is 0 Å². The van der Waals surface area contributed by atoms with Crippen molar-refractivity contribution in [2.75, 3.05) is 11.9 Å². The van der Waals surface area contributed by atoms with E-state index in [1.807, 2.05) is 49.4 Å². The van der Waals surface area contributed by atoms with Crippen LogP contribution in [0.1, 0.15) is 39.6 Å². The van der Waals surface area contributed by atoms with Gasteiger partial charge < -0.3 is 15.2 Å². The van der Waals surface area contributed by atoms with E-state index in [-0.39, 0.29) is 36.6 Å². The molecule has 1 aliphatic heterocycles. The molecule has 5 nitrogen and oxygen atoms in total. The molecule has 0 spiro atoms. The third-order valence-electron chi connectivity index (χ3n) is 5.98. The number of anilines is 1. The van der Waals surface area contributed by atoms with E-state index in [1.54, 1.807) is 4.90 Å². The van der Waals surface area contributed by atoms with Crippen LogP contribution in [-0.4, -0.2) is 28.2 Å². The number of carbonyl (C=O) groups is 2. The number of aromatic nitrogens is 1. The van der Waals surface area contributed by atoms with Gasteiger partial charge in [-0.3, -0.25) is 9.59 Å². The standard InChI is InChI=1S/C26H22FN3O2/c1-16-24(21-8-4-5-9-22(21)28-16)25-19-6-2-3-7-20(19)26(32)30(25)15-14-23(31)29-18-12-10-17(27)11-13-18/h2-13,25,28H,14-15H2,1H3,(H,29,31)/t25-/m0/s1. The average molecular weight is 427 g/mol. The molecule has 0 bridgehead atoms. The van der Waals surface area contributed by atoms with Crippen LogP contribution in [0.3, 0.4) is 0 Å². The van der Waals surface area contributed by atoms with E-state index >= 15 is 0 Å². The van der Waals surface area contributed by atoms with E-state index in [4.69, 9.17) is 0 Å². The van der Waals surface area contributed by atoms with E-state index in [2.05, 4.69) is 16.4 Å². The van der Waals surface area contributed by atoms with Gasteiger partial charge in [0.25, 0.3) is 5.91 Å². The van der Waals surface area contributed by atoms with Crippen molar-refractivity contribution in [1.82, 2.24) is 9.88 Å². The molecule has 1 aliphatic rings. The number of benzene rings is 3. The second-order valence-corrected chi connectivity index (χ2v) is 8.00. The molecule has 4 aromatic rings. The molecule has 0 saturated carbocycles. The van der Waals surface area contributed by atoms with Gasteiger partial charge in [0.15, 0.2) is 0 Å². The van der Waals surface area contributed by atoms with Gasteiger partial charge in [-0.2, -0.15) is 0 Å². The third-order valence-corrected chi connectivity index (χ3v) is 5.98. The summed E-state index contributed by atoms with van der Waals surface area (Å²) in [4.78, 5) is 31.1. The Morgan fingerprint density at radius 2 is 1.75 bits per heavy atom. The maximum atomic E-state index is 13.3. The number of fused-ring (bicyclic) bond motifs is 2. The zero-order valence-electron chi connectivity index (χ0n) is 17.6. The van der Waals surface area contributed by atoms with Crippen LogP contribution < -0.4 is 5.32 Å². The molecule has 0 saturated heterocycles. The van der Waals surface area contributed by atoms with Gasteiger partial charge in [0.2, 0.25) is 5.91 Å². The monoisotopic (exact) mass is 427 g/mol. The lowest BCUT2D eigenvalue weighted by atomic mass is 9.95. The van der Waals surface area contributed by atoms with Gasteiger partial charge in [-0.15, -0.1) is 0 Å². The zero-order valence-corrected chi connectivity index (χ0v) is 17.6. The highest BCUT2D eigenvalue weighted by molar-refractivity contribution is 6.01. The molecule has 2 heterocycles. The number of nitrogens with zero attached hydrogens (tertiary/aromatic N) is 1. The Bertz CT molecular complexity index is 1330. The number of amides is 2. The fourth-order valence-electron chi connectivity index (χ4n) is 4.54. The van der Waals surface area contributed by atoms with Crippen molar-refractivity contribution < 1.29 is 14.0 Å². The summed E-state index contributed by atoms with van der Waals surface area (Å²) in [5, 5.41) is 3.84. The summed E-state index contributed by atoms with van der Waals surface area (Å²) < 4.78 is 13.1. The lowest BCUT2D eigenvalue weighted by Gasteiger charge is -2.26. The molecule has 0 aliphatic carbocycles. The van der Waals surface area contributed by atoms with E-state index < -0.39 is 0 Å². The highest BCUT2D eigenvalue weighted by Crippen LogP contribution is 2.42. The fraction of sp³-hybridized carbons (Fsp3) is 0.154. The average Bonchev–Trinajstić information content (AvgIpc) is 3.27. The first-order chi connectivity index (χ1) is 15.5. The topological polar surface area (TPSA) is 65.2 Å². The van der Waals surface area contributed by atoms with Crippen LogP contribution in [-0.2, 0) is 4.79 Å². The van der Waals surface area contributed by atoms with Crippen molar-refractivity contribution in [2.24, 2.45) is 0 Å². The summed E-state index contributed by atoms with van der Waals surface area (Å²) in [5.41, 5.74) is 5.21. The summed E-state index contributed by atoms with van der Waals surface area (Å²) >= 11 is 0. The minimum absolute atomic E-state index is 0.0788. The molecular weight excluding hydrogens is 405 g/mol. The molecule has 0 radical (unpaired) electrons. The molecule has 0 unspecified atom stereocenters. The lowest BCUT2D eigenvalue weighted by Crippen LogP contribution is -2.32. The Morgan fingerprint density at radius 3 is 2.56 bits per heavy atom. The minimum Gasteiger partial charge on any atom is -0.358 e. The van der Waals surface area contributed by atoms with Crippen molar-refractivity contribution in [3.8, 4) is 0 Å². The maximum Gasteiger partial charge on any atom is 0.255 e. The van der Waals surface area contributed by atoms with Crippen LogP contribution in [0.5, 0.6) is 0 Å². The van der Waals surface area contributed by atoms with E-state index in [9.17, 15) is 14.0 Å². The normalized spacial score (nSPS) is 15.2. The zero-order chi connectivity index (χ0) is 22.2. The molecule has 3 aromatic carbocycles. The number of carbonyl (C=O) groups excluding carboxylic acids is 2. The Morgan fingerprint density at radius 1 is 1.03 bits per heavy atom. The van der Waals surface area contributed by atoms with Gasteiger partial charge in [-0.05, 0) is 48.9 Å². The maximum absolute atomic E-state index is 13.3. The molecule has 5 rings (SSSR count). The fourth-order valence-corrected chi connectivity index (χ4v) is 4.54. The van der Waals surface area contributed by atoms with Crippen molar-refractivity contribution in [2.45, 2.75) is 19.4 Å². The Balaban J connectivity index is 1.45. The first-order valence-corrected chi connectivity index (χ1v) is 10.6. The summed E-state index contributed by atoms with van der Waals surface area (Å²) in [7, 11) is 0. The van der Waals surface area contributed by atoms with E-state index in [0.717, 1.165) is 27.7 Å². The van der Waals surface area contributed by atoms with Gasteiger partial charge >= 0.3 is 0 Å². The van der Waals surface area contributed by atoms with Gasteiger partial charge in [-0.1, -0.05) is 36.4 Å².